The summed E-state index contributed by atoms with van der Waals surface area (Å²) in [5.74, 6) is -0.232. The number of carbonyl (C=O) groups is 1. The van der Waals surface area contributed by atoms with Gasteiger partial charge < -0.3 is 9.84 Å². The summed E-state index contributed by atoms with van der Waals surface area (Å²) in [7, 11) is 1.56. The highest BCUT2D eigenvalue weighted by atomic mass is 35.5. The first kappa shape index (κ1) is 14.5. The van der Waals surface area contributed by atoms with E-state index in [9.17, 15) is 4.79 Å². The van der Waals surface area contributed by atoms with Crippen LogP contribution in [-0.4, -0.2) is 36.2 Å². The molecule has 0 unspecified atom stereocenters. The second-order valence-corrected chi connectivity index (χ2v) is 4.18. The van der Waals surface area contributed by atoms with E-state index in [4.69, 9.17) is 21.4 Å². The molecule has 0 amide bonds. The summed E-state index contributed by atoms with van der Waals surface area (Å²) in [4.78, 5) is 12.5. The third-order valence-electron chi connectivity index (χ3n) is 2.42. The van der Waals surface area contributed by atoms with Gasteiger partial charge in [-0.15, -0.1) is 6.58 Å². The van der Waals surface area contributed by atoms with Crippen LogP contribution in [0.3, 0.4) is 0 Å². The second kappa shape index (κ2) is 7.03. The molecule has 1 N–H and O–H groups in total. The van der Waals surface area contributed by atoms with Crippen LogP contribution in [0.5, 0.6) is 5.75 Å². The smallest absolute Gasteiger partial charge is 0.317 e. The molecule has 0 saturated heterocycles. The third kappa shape index (κ3) is 4.05. The zero-order chi connectivity index (χ0) is 13.5. The molecule has 0 fully saturated rings. The molecule has 0 saturated carbocycles. The van der Waals surface area contributed by atoms with Crippen molar-refractivity contribution in [2.75, 3.05) is 20.2 Å². The van der Waals surface area contributed by atoms with Gasteiger partial charge in [-0.2, -0.15) is 0 Å². The van der Waals surface area contributed by atoms with Gasteiger partial charge in [-0.25, -0.2) is 0 Å². The van der Waals surface area contributed by atoms with Gasteiger partial charge in [-0.05, 0) is 12.1 Å². The Bertz CT molecular complexity index is 434. The van der Waals surface area contributed by atoms with E-state index in [0.29, 0.717) is 23.9 Å². The Hall–Kier alpha value is -1.52. The van der Waals surface area contributed by atoms with Crippen LogP contribution in [-0.2, 0) is 11.3 Å². The molecule has 0 aliphatic heterocycles. The first-order chi connectivity index (χ1) is 8.58. The molecule has 0 aromatic heterocycles. The number of benzene rings is 1. The van der Waals surface area contributed by atoms with Crippen LogP contribution in [0.1, 0.15) is 5.56 Å². The van der Waals surface area contributed by atoms with Crippen LogP contribution < -0.4 is 4.74 Å². The fourth-order valence-corrected chi connectivity index (χ4v) is 1.89. The van der Waals surface area contributed by atoms with Crippen molar-refractivity contribution >= 4 is 17.6 Å². The molecule has 1 aromatic carbocycles. The molecule has 1 aromatic rings. The van der Waals surface area contributed by atoms with E-state index < -0.39 is 5.97 Å². The molecule has 0 spiro atoms. The Morgan fingerprint density at radius 3 is 2.89 bits per heavy atom. The van der Waals surface area contributed by atoms with Gasteiger partial charge >= 0.3 is 5.97 Å². The van der Waals surface area contributed by atoms with Crippen molar-refractivity contribution in [3.05, 3.63) is 41.4 Å². The van der Waals surface area contributed by atoms with Crippen LogP contribution in [0, 0.1) is 0 Å². The molecule has 0 aliphatic carbocycles. The zero-order valence-electron chi connectivity index (χ0n) is 10.2. The summed E-state index contributed by atoms with van der Waals surface area (Å²) >= 11 is 6.11. The van der Waals surface area contributed by atoms with E-state index in [1.807, 2.05) is 0 Å². The number of rotatable bonds is 7. The number of hydrogen-bond donors (Lipinski definition) is 1. The first-order valence-corrected chi connectivity index (χ1v) is 5.82. The van der Waals surface area contributed by atoms with E-state index in [2.05, 4.69) is 6.58 Å². The summed E-state index contributed by atoms with van der Waals surface area (Å²) in [6.45, 7) is 4.42. The SMILES string of the molecule is C=CCN(CC(=O)O)Cc1c(Cl)cccc1OC. The lowest BCUT2D eigenvalue weighted by Gasteiger charge is -2.20. The Labute approximate surface area is 111 Å². The predicted molar refractivity (Wildman–Crippen MR) is 71.1 cm³/mol. The molecule has 0 radical (unpaired) electrons. The first-order valence-electron chi connectivity index (χ1n) is 5.45. The van der Waals surface area contributed by atoms with Gasteiger partial charge in [-0.1, -0.05) is 23.7 Å². The summed E-state index contributed by atoms with van der Waals surface area (Å²) < 4.78 is 5.23. The average Bonchev–Trinajstić information content (AvgIpc) is 2.31. The standard InChI is InChI=1S/C13H16ClNO3/c1-3-7-15(9-13(16)17)8-10-11(14)5-4-6-12(10)18-2/h3-6H,1,7-9H2,2H3,(H,16,17). The highest BCUT2D eigenvalue weighted by Crippen LogP contribution is 2.27. The predicted octanol–water partition coefficient (Wildman–Crippen LogP) is 2.42. The van der Waals surface area contributed by atoms with Crippen molar-refractivity contribution < 1.29 is 14.6 Å². The quantitative estimate of drug-likeness (QED) is 0.773. The number of ether oxygens (including phenoxy) is 1. The van der Waals surface area contributed by atoms with Crippen LogP contribution in [0.2, 0.25) is 5.02 Å². The molecule has 0 bridgehead atoms. The number of carboxylic acids is 1. The number of aliphatic carboxylic acids is 1. The van der Waals surface area contributed by atoms with Gasteiger partial charge in [-0.3, -0.25) is 9.69 Å². The van der Waals surface area contributed by atoms with Crippen molar-refractivity contribution in [1.29, 1.82) is 0 Å². The van der Waals surface area contributed by atoms with Gasteiger partial charge in [0.15, 0.2) is 0 Å². The van der Waals surface area contributed by atoms with Crippen LogP contribution in [0.25, 0.3) is 0 Å². The Morgan fingerprint density at radius 1 is 1.61 bits per heavy atom. The molecule has 1 rings (SSSR count). The second-order valence-electron chi connectivity index (χ2n) is 3.77. The van der Waals surface area contributed by atoms with Gasteiger partial charge in [0.1, 0.15) is 5.75 Å². The van der Waals surface area contributed by atoms with Crippen LogP contribution in [0.15, 0.2) is 30.9 Å². The van der Waals surface area contributed by atoms with Gasteiger partial charge in [0.2, 0.25) is 0 Å². The van der Waals surface area contributed by atoms with Crippen molar-refractivity contribution in [1.82, 2.24) is 4.90 Å². The molecule has 5 heteroatoms. The van der Waals surface area contributed by atoms with Crippen molar-refractivity contribution in [3.8, 4) is 5.75 Å². The van der Waals surface area contributed by atoms with Gasteiger partial charge in [0.25, 0.3) is 0 Å². The Balaban J connectivity index is 2.91. The molecule has 18 heavy (non-hydrogen) atoms. The van der Waals surface area contributed by atoms with Crippen molar-refractivity contribution in [3.63, 3.8) is 0 Å². The lowest BCUT2D eigenvalue weighted by molar-refractivity contribution is -0.138. The number of methoxy groups -OCH3 is 1. The summed E-state index contributed by atoms with van der Waals surface area (Å²) in [5.41, 5.74) is 0.782. The maximum Gasteiger partial charge on any atom is 0.317 e. The van der Waals surface area contributed by atoms with Crippen LogP contribution >= 0.6 is 11.6 Å². The fourth-order valence-electron chi connectivity index (χ4n) is 1.67. The largest absolute Gasteiger partial charge is 0.496 e. The monoisotopic (exact) mass is 269 g/mol. The Kier molecular flexibility index (Phi) is 5.68. The fraction of sp³-hybridized carbons (Fsp3) is 0.308. The van der Waals surface area contributed by atoms with E-state index in [0.717, 1.165) is 5.56 Å². The van der Waals surface area contributed by atoms with Crippen molar-refractivity contribution in [2.24, 2.45) is 0 Å². The van der Waals surface area contributed by atoms with E-state index in [-0.39, 0.29) is 6.54 Å². The third-order valence-corrected chi connectivity index (χ3v) is 2.78. The number of carboxylic acid groups (broad SMARTS) is 1. The number of nitrogens with zero attached hydrogens (tertiary/aromatic N) is 1. The minimum absolute atomic E-state index is 0.0691. The minimum atomic E-state index is -0.886. The highest BCUT2D eigenvalue weighted by Gasteiger charge is 2.14. The summed E-state index contributed by atoms with van der Waals surface area (Å²) in [5, 5.41) is 9.41. The maximum atomic E-state index is 10.8. The lowest BCUT2D eigenvalue weighted by Crippen LogP contribution is -2.29. The molecule has 4 nitrogen and oxygen atoms in total. The topological polar surface area (TPSA) is 49.8 Å². The van der Waals surface area contributed by atoms with E-state index in [1.54, 1.807) is 36.3 Å². The molecule has 0 heterocycles. The maximum absolute atomic E-state index is 10.8. The van der Waals surface area contributed by atoms with Crippen molar-refractivity contribution in [2.45, 2.75) is 6.54 Å². The van der Waals surface area contributed by atoms with E-state index >= 15 is 0 Å². The molecule has 0 atom stereocenters. The van der Waals surface area contributed by atoms with Gasteiger partial charge in [0.05, 0.1) is 13.7 Å². The number of halogens is 1. The average molecular weight is 270 g/mol. The molecular formula is C13H16ClNO3. The minimum Gasteiger partial charge on any atom is -0.496 e. The normalized spacial score (nSPS) is 10.4. The summed E-state index contributed by atoms with van der Waals surface area (Å²) in [6.07, 6.45) is 1.66. The Morgan fingerprint density at radius 2 is 2.33 bits per heavy atom. The number of hydrogen-bond acceptors (Lipinski definition) is 3. The summed E-state index contributed by atoms with van der Waals surface area (Å²) in [6, 6.07) is 5.35. The zero-order valence-corrected chi connectivity index (χ0v) is 11.0. The van der Waals surface area contributed by atoms with Gasteiger partial charge in [0, 0.05) is 23.7 Å². The van der Waals surface area contributed by atoms with E-state index in [1.165, 1.54) is 0 Å². The lowest BCUT2D eigenvalue weighted by atomic mass is 10.2. The van der Waals surface area contributed by atoms with Crippen LogP contribution in [0.4, 0.5) is 0 Å². The highest BCUT2D eigenvalue weighted by molar-refractivity contribution is 6.31. The molecular weight excluding hydrogens is 254 g/mol. The molecule has 0 aliphatic rings. The molecule has 98 valence electrons.